The lowest BCUT2D eigenvalue weighted by Crippen LogP contribution is -2.10. The summed E-state index contributed by atoms with van der Waals surface area (Å²) in [5, 5.41) is 0. The topological polar surface area (TPSA) is 95.9 Å². The largest absolute Gasteiger partial charge is 0.462 e. The van der Waals surface area contributed by atoms with Crippen molar-refractivity contribution in [3.63, 3.8) is 0 Å². The van der Waals surface area contributed by atoms with Gasteiger partial charge in [-0.25, -0.2) is 19.7 Å². The highest BCUT2D eigenvalue weighted by atomic mass is 16.5. The first kappa shape index (κ1) is 15.9. The van der Waals surface area contributed by atoms with Gasteiger partial charge in [-0.3, -0.25) is 0 Å². The molecule has 0 fully saturated rings. The van der Waals surface area contributed by atoms with Gasteiger partial charge in [0.2, 0.25) is 0 Å². The number of fused-ring (bicyclic) bond motifs is 1. The molecule has 0 unspecified atom stereocenters. The molecule has 0 spiro atoms. The highest BCUT2D eigenvalue weighted by Crippen LogP contribution is 2.15. The summed E-state index contributed by atoms with van der Waals surface area (Å²) in [7, 11) is 0. The molecule has 0 aliphatic heterocycles. The minimum atomic E-state index is -0.293. The number of nitrogens with two attached hydrogens (primary N) is 1. The van der Waals surface area contributed by atoms with Crippen LogP contribution in [0.4, 0.5) is 5.82 Å². The number of hydrogen-bond acceptors (Lipinski definition) is 6. The Morgan fingerprint density at radius 3 is 2.92 bits per heavy atom. The summed E-state index contributed by atoms with van der Waals surface area (Å²) in [6, 6.07) is 5.75. The molecule has 3 aromatic rings. The van der Waals surface area contributed by atoms with Gasteiger partial charge in [-0.2, -0.15) is 0 Å². The lowest BCUT2D eigenvalue weighted by Gasteiger charge is -2.08. The van der Waals surface area contributed by atoms with E-state index in [1.165, 1.54) is 6.33 Å². The molecule has 0 saturated carbocycles. The van der Waals surface area contributed by atoms with Crippen LogP contribution >= 0.6 is 0 Å². The molecule has 0 amide bonds. The van der Waals surface area contributed by atoms with Crippen molar-refractivity contribution >= 4 is 23.0 Å². The van der Waals surface area contributed by atoms with E-state index in [0.29, 0.717) is 42.1 Å². The van der Waals surface area contributed by atoms with Crippen molar-refractivity contribution in [3.8, 4) is 0 Å². The lowest BCUT2D eigenvalue weighted by molar-refractivity contribution is 0.0495. The molecule has 2 heterocycles. The Kier molecular flexibility index (Phi) is 4.41. The molecule has 0 aliphatic carbocycles. The second-order valence-corrected chi connectivity index (χ2v) is 5.68. The van der Waals surface area contributed by atoms with Crippen molar-refractivity contribution in [1.29, 1.82) is 0 Å². The zero-order valence-electron chi connectivity index (χ0n) is 13.7. The first-order chi connectivity index (χ1) is 11.6. The van der Waals surface area contributed by atoms with Gasteiger partial charge in [0.1, 0.15) is 11.8 Å². The number of ether oxygens (including phenoxy) is 1. The summed E-state index contributed by atoms with van der Waals surface area (Å²) < 4.78 is 7.24. The molecule has 24 heavy (non-hydrogen) atoms. The van der Waals surface area contributed by atoms with E-state index in [2.05, 4.69) is 15.0 Å². The van der Waals surface area contributed by atoms with Crippen LogP contribution < -0.4 is 5.73 Å². The van der Waals surface area contributed by atoms with E-state index in [1.54, 1.807) is 6.33 Å². The van der Waals surface area contributed by atoms with E-state index >= 15 is 0 Å². The third kappa shape index (κ3) is 3.19. The van der Waals surface area contributed by atoms with Crippen LogP contribution in [0.5, 0.6) is 0 Å². The third-order valence-corrected chi connectivity index (χ3v) is 3.82. The lowest BCUT2D eigenvalue weighted by atomic mass is 10.1. The van der Waals surface area contributed by atoms with Crippen molar-refractivity contribution in [2.45, 2.75) is 26.8 Å². The predicted molar refractivity (Wildman–Crippen MR) is 90.6 cm³/mol. The summed E-state index contributed by atoms with van der Waals surface area (Å²) >= 11 is 0. The number of imidazole rings is 1. The van der Waals surface area contributed by atoms with Crippen molar-refractivity contribution < 1.29 is 9.53 Å². The van der Waals surface area contributed by atoms with Gasteiger partial charge in [-0.15, -0.1) is 0 Å². The fourth-order valence-corrected chi connectivity index (χ4v) is 2.50. The summed E-state index contributed by atoms with van der Waals surface area (Å²) in [5.74, 6) is 0.0679. The Bertz CT molecular complexity index is 888. The van der Waals surface area contributed by atoms with Gasteiger partial charge < -0.3 is 15.0 Å². The number of nitrogens with zero attached hydrogens (tertiary/aromatic N) is 4. The summed E-state index contributed by atoms with van der Waals surface area (Å²) in [5.41, 5.74) is 9.60. The van der Waals surface area contributed by atoms with Gasteiger partial charge in [-0.05, 0) is 31.9 Å². The van der Waals surface area contributed by atoms with Crippen molar-refractivity contribution in [3.05, 3.63) is 47.5 Å². The fourth-order valence-electron chi connectivity index (χ4n) is 2.50. The van der Waals surface area contributed by atoms with Gasteiger partial charge in [0.05, 0.1) is 18.5 Å². The highest BCUT2D eigenvalue weighted by Gasteiger charge is 2.11. The molecule has 1 aromatic carbocycles. The first-order valence-corrected chi connectivity index (χ1v) is 7.72. The third-order valence-electron chi connectivity index (χ3n) is 3.82. The molecular formula is C17H19N5O2. The zero-order chi connectivity index (χ0) is 17.1. The molecule has 0 aliphatic rings. The Morgan fingerprint density at radius 1 is 1.25 bits per heavy atom. The number of rotatable bonds is 5. The van der Waals surface area contributed by atoms with Crippen molar-refractivity contribution in [1.82, 2.24) is 19.5 Å². The van der Waals surface area contributed by atoms with Crippen molar-refractivity contribution in [2.24, 2.45) is 0 Å². The molecule has 0 atom stereocenters. The van der Waals surface area contributed by atoms with Gasteiger partial charge in [-0.1, -0.05) is 17.7 Å². The molecular weight excluding hydrogens is 306 g/mol. The molecule has 0 radical (unpaired) electrons. The average Bonchev–Trinajstić information content (AvgIpc) is 2.98. The number of esters is 1. The summed E-state index contributed by atoms with van der Waals surface area (Å²) in [4.78, 5) is 24.5. The molecule has 124 valence electrons. The summed E-state index contributed by atoms with van der Waals surface area (Å²) in [6.45, 7) is 4.81. The van der Waals surface area contributed by atoms with Crippen LogP contribution in [0.1, 0.15) is 27.9 Å². The van der Waals surface area contributed by atoms with Crippen LogP contribution in [0.2, 0.25) is 0 Å². The van der Waals surface area contributed by atoms with Crippen LogP contribution in [-0.4, -0.2) is 32.1 Å². The van der Waals surface area contributed by atoms with Gasteiger partial charge in [0.25, 0.3) is 0 Å². The Labute approximate surface area is 139 Å². The molecule has 2 N–H and O–H groups in total. The van der Waals surface area contributed by atoms with Gasteiger partial charge in [0, 0.05) is 6.54 Å². The maximum atomic E-state index is 12.2. The number of nitrogen functional groups attached to an aromatic ring is 1. The number of aryl methyl sites for hydroxylation is 3. The second-order valence-electron chi connectivity index (χ2n) is 5.68. The number of carbonyl (C=O) groups excluding carboxylic acids is 1. The number of carbonyl (C=O) groups is 1. The van der Waals surface area contributed by atoms with Crippen LogP contribution in [-0.2, 0) is 11.3 Å². The Morgan fingerprint density at radius 2 is 2.08 bits per heavy atom. The van der Waals surface area contributed by atoms with E-state index < -0.39 is 0 Å². The molecule has 2 aromatic heterocycles. The normalized spacial score (nSPS) is 10.9. The molecule has 7 heteroatoms. The van der Waals surface area contributed by atoms with Gasteiger partial charge in [0.15, 0.2) is 11.5 Å². The minimum Gasteiger partial charge on any atom is -0.462 e. The Hall–Kier alpha value is -2.96. The van der Waals surface area contributed by atoms with Crippen LogP contribution in [0.25, 0.3) is 11.2 Å². The maximum absolute atomic E-state index is 12.2. The molecule has 0 bridgehead atoms. The highest BCUT2D eigenvalue weighted by molar-refractivity contribution is 5.91. The van der Waals surface area contributed by atoms with E-state index in [0.717, 1.165) is 11.1 Å². The number of benzene rings is 1. The molecule has 3 rings (SSSR count). The maximum Gasteiger partial charge on any atom is 0.338 e. The number of anilines is 1. The van der Waals surface area contributed by atoms with Crippen LogP contribution in [0.3, 0.4) is 0 Å². The quantitative estimate of drug-likeness (QED) is 0.571. The Balaban J connectivity index is 1.58. The SMILES string of the molecule is Cc1ccc(C)c(C(=O)OCCCn2cnc3c(N)ncnc32)c1. The van der Waals surface area contributed by atoms with Crippen LogP contribution in [0.15, 0.2) is 30.9 Å². The fraction of sp³-hybridized carbons (Fsp3) is 0.294. The molecule has 0 saturated heterocycles. The minimum absolute atomic E-state index is 0.293. The van der Waals surface area contributed by atoms with Crippen LogP contribution in [0, 0.1) is 13.8 Å². The standard InChI is InChI=1S/C17H19N5O2/c1-11-4-5-12(2)13(8-11)17(23)24-7-3-6-22-10-21-14-15(18)19-9-20-16(14)22/h4-5,8-10H,3,6-7H2,1-2H3,(H2,18,19,20). The molecule has 7 nitrogen and oxygen atoms in total. The zero-order valence-corrected chi connectivity index (χ0v) is 13.7. The summed E-state index contributed by atoms with van der Waals surface area (Å²) in [6.07, 6.45) is 3.74. The monoisotopic (exact) mass is 325 g/mol. The number of hydrogen-bond donors (Lipinski definition) is 1. The predicted octanol–water partition coefficient (Wildman–Crippen LogP) is 2.27. The van der Waals surface area contributed by atoms with E-state index in [4.69, 9.17) is 10.5 Å². The second kappa shape index (κ2) is 6.66. The first-order valence-electron chi connectivity index (χ1n) is 7.72. The smallest absolute Gasteiger partial charge is 0.338 e. The average molecular weight is 325 g/mol. The van der Waals surface area contributed by atoms with E-state index in [9.17, 15) is 4.79 Å². The van der Waals surface area contributed by atoms with Crippen molar-refractivity contribution in [2.75, 3.05) is 12.3 Å². The number of aromatic nitrogens is 4. The van der Waals surface area contributed by atoms with E-state index in [-0.39, 0.29) is 5.97 Å². The van der Waals surface area contributed by atoms with Gasteiger partial charge >= 0.3 is 5.97 Å². The van der Waals surface area contributed by atoms with E-state index in [1.807, 2.05) is 36.6 Å².